The van der Waals surface area contributed by atoms with Gasteiger partial charge in [0.2, 0.25) is 0 Å². The van der Waals surface area contributed by atoms with Crippen LogP contribution in [-0.4, -0.2) is 118 Å². The van der Waals surface area contributed by atoms with Gasteiger partial charge in [0.25, 0.3) is 47.3 Å². The van der Waals surface area contributed by atoms with Crippen LogP contribution in [0.5, 0.6) is 28.7 Å². The highest BCUT2D eigenvalue weighted by Crippen LogP contribution is 2.42. The largest absolute Gasteiger partial charge is 0.507 e. The molecule has 5 aliphatic rings. The second kappa shape index (κ2) is 34.7. The predicted molar refractivity (Wildman–Crippen MR) is 422 cm³/mol. The van der Waals surface area contributed by atoms with Gasteiger partial charge in [-0.15, -0.1) is 0 Å². The van der Waals surface area contributed by atoms with E-state index in [1.54, 1.807) is 103 Å². The molecule has 19 nitrogen and oxygen atoms in total. The molecule has 10 aromatic rings. The van der Waals surface area contributed by atoms with Crippen LogP contribution < -0.4 is 24.0 Å². The number of likely N-dealkylation sites (N-methyl/N-ethyl adjacent to an activating group) is 1. The van der Waals surface area contributed by atoms with Gasteiger partial charge in [-0.05, 0) is 202 Å². The molecule has 0 radical (unpaired) electrons. The van der Waals surface area contributed by atoms with Crippen LogP contribution in [0.15, 0.2) is 182 Å². The Morgan fingerprint density at radius 1 is 0.400 bits per heavy atom. The van der Waals surface area contributed by atoms with E-state index in [0.717, 1.165) is 62.5 Å². The Hall–Kier alpha value is -12.0. The maximum Gasteiger partial charge on any atom is 0.416 e. The highest BCUT2D eigenvalue weighted by atomic mass is 35.5. The average molecular weight is 1630 g/mol. The molecule has 115 heavy (non-hydrogen) atoms. The first-order chi connectivity index (χ1) is 54.5. The van der Waals surface area contributed by atoms with Crippen molar-refractivity contribution in [3.05, 3.63) is 308 Å². The summed E-state index contributed by atoms with van der Waals surface area (Å²) in [5, 5.41) is 21.5. The van der Waals surface area contributed by atoms with Crippen LogP contribution in [0.3, 0.4) is 0 Å². The molecule has 2 N–H and O–H groups in total. The second-order valence-corrected chi connectivity index (χ2v) is 28.8. The fourth-order valence-electron chi connectivity index (χ4n) is 13.5. The number of aromatic hydroxyl groups is 2. The molecular formula is C87H75Cl3F6N6O13. The van der Waals surface area contributed by atoms with Crippen molar-refractivity contribution in [3.8, 4) is 28.7 Å². The highest BCUT2D eigenvalue weighted by Gasteiger charge is 2.43. The molecule has 0 aromatic heterocycles. The maximum atomic E-state index is 13.1. The number of carbonyl (C=O) groups excluding carboxylic acids is 8. The maximum absolute atomic E-state index is 13.1. The summed E-state index contributed by atoms with van der Waals surface area (Å²) < 4.78 is 94.6. The number of carbonyl (C=O) groups is 8. The third kappa shape index (κ3) is 18.0. The zero-order valence-corrected chi connectivity index (χ0v) is 65.7. The number of rotatable bonds is 15. The number of aryl methyl sites for hydroxylation is 5. The quantitative estimate of drug-likeness (QED) is 0.0720. The molecule has 8 amide bonds. The van der Waals surface area contributed by atoms with Crippen LogP contribution >= 0.6 is 34.8 Å². The van der Waals surface area contributed by atoms with Crippen molar-refractivity contribution in [1.29, 1.82) is 0 Å². The topological polar surface area (TPSA) is 224 Å². The summed E-state index contributed by atoms with van der Waals surface area (Å²) in [7, 11) is 5.35. The van der Waals surface area contributed by atoms with Gasteiger partial charge in [-0.25, -0.2) is 0 Å². The van der Waals surface area contributed by atoms with Crippen LogP contribution in [0.4, 0.5) is 37.7 Å². The lowest BCUT2D eigenvalue weighted by molar-refractivity contribution is -0.138. The Kier molecular flexibility index (Phi) is 25.3. The van der Waals surface area contributed by atoms with E-state index in [1.807, 2.05) is 77.0 Å². The first-order valence-electron chi connectivity index (χ1n) is 35.8. The van der Waals surface area contributed by atoms with Crippen LogP contribution in [0.25, 0.3) is 0 Å². The SMILES string of the molecule is CCOc1cccc2c1C(=O)N(Cc1ccc(Cl)c(C)c1)C2=O.COc1cccc2c1C(=O)N(c1ccc(C)c(C(F)(F)F)c1)C2.Cc1cc(CN2C(=O)c3cccc(O)c3C2=O)ccc1Cl.Cc1cc(CN2C(=O)c3cccc(OCCN(C)C)c3C2=O)ccc1Cl.Cc1ccc(N2Cc3cccc(O)c3C2=O)cc1C(F)(F)F. The van der Waals surface area contributed by atoms with Crippen molar-refractivity contribution in [3.63, 3.8) is 0 Å². The number of fused-ring (bicyclic) bond motifs is 5. The smallest absolute Gasteiger partial charge is 0.416 e. The summed E-state index contributed by atoms with van der Waals surface area (Å²) in [5.74, 6) is -1.92. The van der Waals surface area contributed by atoms with E-state index in [-0.39, 0.29) is 113 Å². The van der Waals surface area contributed by atoms with E-state index in [0.29, 0.717) is 78.9 Å². The van der Waals surface area contributed by atoms with E-state index >= 15 is 0 Å². The van der Waals surface area contributed by atoms with Crippen molar-refractivity contribution < 1.29 is 89.1 Å². The number of imide groups is 3. The normalized spacial score (nSPS) is 13.8. The highest BCUT2D eigenvalue weighted by molar-refractivity contribution is 6.32. The molecule has 0 saturated heterocycles. The molecule has 0 bridgehead atoms. The Morgan fingerprint density at radius 3 is 1.14 bits per heavy atom. The molecule has 5 heterocycles. The van der Waals surface area contributed by atoms with Gasteiger partial charge in [0.05, 0.1) is 102 Å². The Bertz CT molecular complexity index is 5560. The number of nitrogens with zero attached hydrogens (tertiary/aromatic N) is 6. The molecule has 15 rings (SSSR count). The molecule has 10 aromatic carbocycles. The van der Waals surface area contributed by atoms with Gasteiger partial charge >= 0.3 is 12.4 Å². The number of hydrogen-bond donors (Lipinski definition) is 2. The van der Waals surface area contributed by atoms with Crippen LogP contribution in [0.2, 0.25) is 15.1 Å². The van der Waals surface area contributed by atoms with E-state index < -0.39 is 41.2 Å². The Morgan fingerprint density at radius 2 is 0.757 bits per heavy atom. The van der Waals surface area contributed by atoms with Gasteiger partial charge in [0.1, 0.15) is 35.4 Å². The van der Waals surface area contributed by atoms with Crippen molar-refractivity contribution in [2.75, 3.05) is 50.8 Å². The summed E-state index contributed by atoms with van der Waals surface area (Å²) in [4.78, 5) is 109. The molecule has 0 spiro atoms. The lowest BCUT2D eigenvalue weighted by Gasteiger charge is -2.19. The molecule has 28 heteroatoms. The third-order valence-corrected chi connectivity index (χ3v) is 20.7. The average Bonchev–Trinajstić information content (AvgIpc) is 1.65. The minimum absolute atomic E-state index is 0.0770. The minimum atomic E-state index is -4.47. The minimum Gasteiger partial charge on any atom is -0.507 e. The Balaban J connectivity index is 0.000000142. The number of halogens is 9. The standard InChI is InChI=1S/C20H21ClN2O3.C18H16ClNO3.C17H14F3NO2.C16H12ClNO3.C16H12F3NO2/c1-13-11-14(7-8-16(13)21)12-23-19(24)15-5-4-6-17(18(15)20(23)25)26-10-9-22(2)3;1-3-23-15-6-4-5-13-16(15)18(22)20(17(13)21)10-12-7-8-14(19)11(2)9-12;1-10-6-7-12(8-13(10)17(18,19)20)21-9-11-4-3-5-14(23-2)15(11)16(21)22;1-9-7-10(5-6-12(9)17)8-18-15(20)11-3-2-4-13(19)14(11)16(18)21;1-9-5-6-11(7-12(9)16(17,18)19)20-8-10-3-2-4-13(21)14(10)15(20)22/h4-8,11H,9-10,12H2,1-3H3;4-9H,3,10H2,1-2H3;3-8H,9H2,1-2H3;2-7,19H,8H2,1H3;2-7,21H,8H2,1H3. The number of methoxy groups -OCH3 is 1. The molecule has 5 aliphatic heterocycles. The van der Waals surface area contributed by atoms with Crippen molar-refractivity contribution >= 4 is 93.4 Å². The summed E-state index contributed by atoms with van der Waals surface area (Å²) in [5.41, 5.74) is 8.06. The summed E-state index contributed by atoms with van der Waals surface area (Å²) in [6, 6.07) is 48.6. The summed E-state index contributed by atoms with van der Waals surface area (Å²) >= 11 is 18.0. The number of benzene rings is 10. The molecule has 594 valence electrons. The van der Waals surface area contributed by atoms with Crippen LogP contribution in [0, 0.1) is 34.6 Å². The zero-order chi connectivity index (χ0) is 83.4. The van der Waals surface area contributed by atoms with Crippen molar-refractivity contribution in [1.82, 2.24) is 19.6 Å². The molecule has 0 saturated carbocycles. The van der Waals surface area contributed by atoms with E-state index in [9.17, 15) is 74.9 Å². The van der Waals surface area contributed by atoms with E-state index in [4.69, 9.17) is 49.0 Å². The van der Waals surface area contributed by atoms with Gasteiger partial charge < -0.3 is 39.1 Å². The second-order valence-electron chi connectivity index (χ2n) is 27.6. The van der Waals surface area contributed by atoms with Gasteiger partial charge in [0.15, 0.2) is 0 Å². The lowest BCUT2D eigenvalue weighted by Crippen LogP contribution is -2.29. The molecule has 0 unspecified atom stereocenters. The number of hydrogen-bond acceptors (Lipinski definition) is 14. The van der Waals surface area contributed by atoms with Gasteiger partial charge in [-0.3, -0.25) is 53.1 Å². The lowest BCUT2D eigenvalue weighted by atomic mass is 10.1. The third-order valence-electron chi connectivity index (χ3n) is 19.4. The number of phenols is 2. The van der Waals surface area contributed by atoms with Gasteiger partial charge in [-0.2, -0.15) is 26.3 Å². The monoisotopic (exact) mass is 1630 g/mol. The van der Waals surface area contributed by atoms with Crippen molar-refractivity contribution in [2.45, 2.75) is 86.6 Å². The number of amides is 8. The number of alkyl halides is 6. The first kappa shape index (κ1) is 83.9. The van der Waals surface area contributed by atoms with E-state index in [1.165, 1.54) is 77.0 Å². The predicted octanol–water partition coefficient (Wildman–Crippen LogP) is 18.4. The first-order valence-corrected chi connectivity index (χ1v) is 36.9. The van der Waals surface area contributed by atoms with E-state index in [2.05, 4.69) is 0 Å². The number of phenolic OH excluding ortho intramolecular Hbond substituents is 2. The summed E-state index contributed by atoms with van der Waals surface area (Å²) in [6.45, 7) is 12.8. The molecule has 0 atom stereocenters. The fourth-order valence-corrected chi connectivity index (χ4v) is 13.8. The Labute approximate surface area is 672 Å². The summed E-state index contributed by atoms with van der Waals surface area (Å²) in [6.07, 6.45) is -8.93. The number of anilines is 2. The molecule has 0 fully saturated rings. The van der Waals surface area contributed by atoms with Crippen molar-refractivity contribution in [2.24, 2.45) is 0 Å². The van der Waals surface area contributed by atoms with Gasteiger partial charge in [-0.1, -0.05) is 126 Å². The van der Waals surface area contributed by atoms with Gasteiger partial charge in [0, 0.05) is 33.0 Å². The zero-order valence-electron chi connectivity index (χ0n) is 63.4. The molecular weight excluding hydrogens is 1560 g/mol. The van der Waals surface area contributed by atoms with Crippen LogP contribution in [-0.2, 0) is 45.1 Å². The number of ether oxygens (including phenoxy) is 3. The van der Waals surface area contributed by atoms with Crippen LogP contribution in [0.1, 0.15) is 157 Å². The fraction of sp³-hybridized carbons (Fsp3) is 0.218. The molecule has 0 aliphatic carbocycles.